The molecule has 8 heteroatoms. The van der Waals surface area contributed by atoms with E-state index in [1.807, 2.05) is 0 Å². The Morgan fingerprint density at radius 1 is 1.27 bits per heavy atom. The lowest BCUT2D eigenvalue weighted by Gasteiger charge is -2.20. The molecule has 0 fully saturated rings. The molecule has 22 heavy (non-hydrogen) atoms. The highest BCUT2D eigenvalue weighted by Crippen LogP contribution is 2.20. The molecule has 0 radical (unpaired) electrons. The third kappa shape index (κ3) is 5.63. The van der Waals surface area contributed by atoms with E-state index in [1.54, 1.807) is 26.0 Å². The summed E-state index contributed by atoms with van der Waals surface area (Å²) in [6, 6.07) is 0. The summed E-state index contributed by atoms with van der Waals surface area (Å²) in [5, 5.41) is 0. The zero-order chi connectivity index (χ0) is 16.4. The number of likely N-dealkylation sites (N-methyl/N-ethyl adjacent to an activating group) is 1. The molecule has 0 spiro atoms. The Morgan fingerprint density at radius 2 is 2.00 bits per heavy atom. The first-order valence-corrected chi connectivity index (χ1v) is 7.04. The number of rotatable bonds is 11. The van der Waals surface area contributed by atoms with Gasteiger partial charge in [-0.25, -0.2) is 4.79 Å². The van der Waals surface area contributed by atoms with Crippen LogP contribution in [-0.2, 0) is 33.3 Å². The summed E-state index contributed by atoms with van der Waals surface area (Å²) in [4.78, 5) is 25.1. The maximum Gasteiger partial charge on any atom is 0.347 e. The van der Waals surface area contributed by atoms with Crippen LogP contribution in [0.5, 0.6) is 0 Å². The van der Waals surface area contributed by atoms with Crippen LogP contribution < -0.4 is 0 Å². The lowest BCUT2D eigenvalue weighted by atomic mass is 10.2. The molecule has 0 amide bonds. The third-order valence-electron chi connectivity index (χ3n) is 2.83. The van der Waals surface area contributed by atoms with Crippen LogP contribution in [0.3, 0.4) is 0 Å². The molecule has 0 saturated heterocycles. The molecule has 0 aromatic heterocycles. The quantitative estimate of drug-likeness (QED) is 0.227. The minimum absolute atomic E-state index is 0.0410. The zero-order valence-electron chi connectivity index (χ0n) is 13.3. The highest BCUT2D eigenvalue weighted by molar-refractivity contribution is 6.19. The smallest absolute Gasteiger partial charge is 0.347 e. The Kier molecular flexibility index (Phi) is 8.49. The summed E-state index contributed by atoms with van der Waals surface area (Å²) >= 11 is 0. The van der Waals surface area contributed by atoms with Gasteiger partial charge in [0, 0.05) is 20.7 Å². The van der Waals surface area contributed by atoms with Crippen LogP contribution in [0.25, 0.3) is 0 Å². The fraction of sp³-hybridized carbons (Fsp3) is 0.714. The van der Waals surface area contributed by atoms with Gasteiger partial charge in [-0.05, 0) is 6.92 Å². The molecule has 0 aliphatic carbocycles. The van der Waals surface area contributed by atoms with Crippen LogP contribution in [0.15, 0.2) is 11.5 Å². The number of hydrogen-bond acceptors (Lipinski definition) is 8. The highest BCUT2D eigenvalue weighted by Gasteiger charge is 2.33. The van der Waals surface area contributed by atoms with Gasteiger partial charge < -0.3 is 28.6 Å². The van der Waals surface area contributed by atoms with Crippen molar-refractivity contribution in [3.8, 4) is 0 Å². The first-order valence-electron chi connectivity index (χ1n) is 7.04. The summed E-state index contributed by atoms with van der Waals surface area (Å²) in [5.41, 5.74) is -0.0410. The van der Waals surface area contributed by atoms with Crippen LogP contribution in [0.2, 0.25) is 0 Å². The van der Waals surface area contributed by atoms with Gasteiger partial charge in [0.25, 0.3) is 0 Å². The fourth-order valence-electron chi connectivity index (χ4n) is 1.73. The second-order valence-electron chi connectivity index (χ2n) is 4.46. The number of carbonyl (C=O) groups is 2. The Hall–Kier alpha value is -1.64. The van der Waals surface area contributed by atoms with Gasteiger partial charge in [0.2, 0.25) is 11.7 Å². The highest BCUT2D eigenvalue weighted by atomic mass is 16.7. The van der Waals surface area contributed by atoms with Crippen molar-refractivity contribution in [2.75, 3.05) is 60.5 Å². The maximum atomic E-state index is 11.8. The van der Waals surface area contributed by atoms with Gasteiger partial charge in [-0.1, -0.05) is 0 Å². The molecule has 126 valence electrons. The number of ether oxygens (including phenoxy) is 5. The van der Waals surface area contributed by atoms with Crippen molar-refractivity contribution >= 4 is 11.8 Å². The molecular formula is C14H23NO7. The third-order valence-corrected chi connectivity index (χ3v) is 2.83. The average molecular weight is 317 g/mol. The van der Waals surface area contributed by atoms with E-state index in [-0.39, 0.29) is 37.2 Å². The monoisotopic (exact) mass is 317 g/mol. The molecular weight excluding hydrogens is 294 g/mol. The van der Waals surface area contributed by atoms with Gasteiger partial charge in [-0.15, -0.1) is 0 Å². The number of hydrogen-bond donors (Lipinski definition) is 0. The predicted octanol–water partition coefficient (Wildman–Crippen LogP) is -0.0707. The van der Waals surface area contributed by atoms with Crippen molar-refractivity contribution in [1.82, 2.24) is 4.90 Å². The number of esters is 1. The summed E-state index contributed by atoms with van der Waals surface area (Å²) in [7, 11) is 3.30. The van der Waals surface area contributed by atoms with E-state index in [0.717, 1.165) is 0 Å². The van der Waals surface area contributed by atoms with E-state index in [1.165, 1.54) is 0 Å². The number of ketones is 1. The number of carbonyl (C=O) groups excluding carboxylic acids is 2. The van der Waals surface area contributed by atoms with E-state index >= 15 is 0 Å². The average Bonchev–Trinajstić information content (AvgIpc) is 2.88. The lowest BCUT2D eigenvalue weighted by Crippen LogP contribution is -2.26. The summed E-state index contributed by atoms with van der Waals surface area (Å²) < 4.78 is 25.4. The number of nitrogens with zero attached hydrogens (tertiary/aromatic N) is 1. The van der Waals surface area contributed by atoms with E-state index < -0.39 is 5.97 Å². The Bertz CT molecular complexity index is 408. The van der Waals surface area contributed by atoms with E-state index in [4.69, 9.17) is 23.7 Å². The number of Topliss-reactive ketones (excluding diaryl/α,β-unsaturated/α-hetero) is 1. The van der Waals surface area contributed by atoms with Crippen molar-refractivity contribution < 1.29 is 33.3 Å². The molecule has 0 aromatic rings. The molecule has 0 N–H and O–H groups in total. The van der Waals surface area contributed by atoms with E-state index in [0.29, 0.717) is 26.4 Å². The standard InChI is InChI=1S/C14H23NO7/c1-4-21-14(17)12-11(16)9-22-13(12)15(2)5-6-19-10-20-8-7-18-3/h4-10H2,1-3H3. The Labute approximate surface area is 129 Å². The van der Waals surface area contributed by atoms with Crippen LogP contribution in [0.1, 0.15) is 6.92 Å². The van der Waals surface area contributed by atoms with Gasteiger partial charge in [0.1, 0.15) is 6.79 Å². The van der Waals surface area contributed by atoms with E-state index in [9.17, 15) is 9.59 Å². The largest absolute Gasteiger partial charge is 0.470 e. The Morgan fingerprint density at radius 3 is 2.68 bits per heavy atom. The first kappa shape index (κ1) is 18.4. The van der Waals surface area contributed by atoms with Gasteiger partial charge >= 0.3 is 5.97 Å². The maximum absolute atomic E-state index is 11.8. The van der Waals surface area contributed by atoms with Crippen molar-refractivity contribution in [3.63, 3.8) is 0 Å². The minimum Gasteiger partial charge on any atom is -0.470 e. The molecule has 1 heterocycles. The molecule has 8 nitrogen and oxygen atoms in total. The molecule has 1 aliphatic heterocycles. The van der Waals surface area contributed by atoms with Gasteiger partial charge in [-0.2, -0.15) is 0 Å². The summed E-state index contributed by atoms with van der Waals surface area (Å²) in [6.45, 7) is 3.67. The minimum atomic E-state index is -0.657. The summed E-state index contributed by atoms with van der Waals surface area (Å²) in [5.74, 6) is -0.799. The topological polar surface area (TPSA) is 83.5 Å². The van der Waals surface area contributed by atoms with Crippen molar-refractivity contribution in [2.45, 2.75) is 6.92 Å². The molecule has 1 aliphatic rings. The second kappa shape index (κ2) is 10.1. The van der Waals surface area contributed by atoms with Crippen molar-refractivity contribution in [3.05, 3.63) is 11.5 Å². The predicted molar refractivity (Wildman–Crippen MR) is 75.9 cm³/mol. The van der Waals surface area contributed by atoms with Crippen LogP contribution in [0.4, 0.5) is 0 Å². The van der Waals surface area contributed by atoms with Gasteiger partial charge in [0.05, 0.1) is 26.4 Å². The lowest BCUT2D eigenvalue weighted by molar-refractivity contribution is -0.139. The second-order valence-corrected chi connectivity index (χ2v) is 4.46. The molecule has 0 atom stereocenters. The first-order chi connectivity index (χ1) is 10.6. The Balaban J connectivity index is 2.40. The molecule has 0 bridgehead atoms. The fourth-order valence-corrected chi connectivity index (χ4v) is 1.73. The molecule has 0 saturated carbocycles. The summed E-state index contributed by atoms with van der Waals surface area (Å²) in [6.07, 6.45) is 0. The molecule has 0 unspecified atom stereocenters. The molecule has 0 aromatic carbocycles. The van der Waals surface area contributed by atoms with Crippen LogP contribution in [-0.4, -0.2) is 77.2 Å². The van der Waals surface area contributed by atoms with Crippen LogP contribution in [0, 0.1) is 0 Å². The zero-order valence-corrected chi connectivity index (χ0v) is 13.3. The van der Waals surface area contributed by atoms with Crippen molar-refractivity contribution in [2.24, 2.45) is 0 Å². The molecule has 1 rings (SSSR count). The van der Waals surface area contributed by atoms with Crippen LogP contribution >= 0.6 is 0 Å². The van der Waals surface area contributed by atoms with E-state index in [2.05, 4.69) is 0 Å². The SMILES string of the molecule is CCOC(=O)C1=C(N(C)CCOCOCCOC)OCC1=O. The van der Waals surface area contributed by atoms with Crippen molar-refractivity contribution in [1.29, 1.82) is 0 Å². The van der Waals surface area contributed by atoms with Gasteiger partial charge in [0.15, 0.2) is 12.2 Å². The number of methoxy groups -OCH3 is 1. The normalized spacial score (nSPS) is 14.2. The van der Waals surface area contributed by atoms with Gasteiger partial charge in [-0.3, -0.25) is 4.79 Å².